The number of rotatable bonds is 6. The van der Waals surface area contributed by atoms with Crippen molar-refractivity contribution in [2.75, 3.05) is 6.54 Å². The quantitative estimate of drug-likeness (QED) is 0.613. The van der Waals surface area contributed by atoms with E-state index in [0.29, 0.717) is 6.04 Å². The van der Waals surface area contributed by atoms with Crippen LogP contribution in [0.1, 0.15) is 36.1 Å². The third-order valence-electron chi connectivity index (χ3n) is 3.55. The van der Waals surface area contributed by atoms with Gasteiger partial charge in [-0.05, 0) is 77.7 Å². The summed E-state index contributed by atoms with van der Waals surface area (Å²) < 4.78 is 1.30. The Morgan fingerprint density at radius 2 is 1.95 bits per heavy atom. The van der Waals surface area contributed by atoms with Gasteiger partial charge in [0.25, 0.3) is 0 Å². The Morgan fingerprint density at radius 1 is 1.19 bits per heavy atom. The van der Waals surface area contributed by atoms with Crippen LogP contribution in [-0.2, 0) is 6.42 Å². The smallest absolute Gasteiger partial charge is 0.0441 e. The van der Waals surface area contributed by atoms with Gasteiger partial charge < -0.3 is 5.32 Å². The Labute approximate surface area is 146 Å². The van der Waals surface area contributed by atoms with E-state index in [1.807, 2.05) is 6.07 Å². The first kappa shape index (κ1) is 16.8. The van der Waals surface area contributed by atoms with E-state index in [2.05, 4.69) is 78.2 Å². The van der Waals surface area contributed by atoms with Crippen molar-refractivity contribution in [2.45, 2.75) is 32.7 Å². The van der Waals surface area contributed by atoms with Crippen molar-refractivity contribution in [3.8, 4) is 0 Å². The van der Waals surface area contributed by atoms with Gasteiger partial charge in [0.05, 0.1) is 0 Å². The second-order valence-corrected chi connectivity index (χ2v) is 6.90. The highest BCUT2D eigenvalue weighted by molar-refractivity contribution is 14.1. The van der Waals surface area contributed by atoms with Crippen LogP contribution in [0.2, 0.25) is 5.02 Å². The molecule has 0 fully saturated rings. The van der Waals surface area contributed by atoms with Gasteiger partial charge in [0, 0.05) is 14.6 Å². The summed E-state index contributed by atoms with van der Waals surface area (Å²) in [4.78, 5) is 0. The fourth-order valence-corrected chi connectivity index (χ4v) is 3.48. The number of halogens is 2. The van der Waals surface area contributed by atoms with E-state index in [1.54, 1.807) is 0 Å². The summed E-state index contributed by atoms with van der Waals surface area (Å²) in [5, 5.41) is 4.52. The Kier molecular flexibility index (Phi) is 6.52. The molecule has 0 radical (unpaired) electrons. The molecule has 0 aliphatic heterocycles. The topological polar surface area (TPSA) is 12.0 Å². The predicted molar refractivity (Wildman–Crippen MR) is 100 cm³/mol. The lowest BCUT2D eigenvalue weighted by Crippen LogP contribution is -2.25. The molecule has 0 amide bonds. The van der Waals surface area contributed by atoms with Crippen molar-refractivity contribution in [1.29, 1.82) is 0 Å². The normalized spacial score (nSPS) is 12.4. The van der Waals surface area contributed by atoms with Crippen molar-refractivity contribution >= 4 is 34.2 Å². The van der Waals surface area contributed by atoms with Crippen LogP contribution in [0, 0.1) is 10.5 Å². The number of aryl methyl sites for hydroxylation is 1. The van der Waals surface area contributed by atoms with Gasteiger partial charge in [0.15, 0.2) is 0 Å². The molecule has 0 spiro atoms. The molecule has 0 aromatic heterocycles. The zero-order chi connectivity index (χ0) is 15.2. The molecular weight excluding hydrogens is 393 g/mol. The lowest BCUT2D eigenvalue weighted by atomic mass is 9.98. The number of nitrogens with one attached hydrogen (secondary N) is 1. The molecule has 2 aromatic carbocycles. The monoisotopic (exact) mass is 413 g/mol. The van der Waals surface area contributed by atoms with E-state index in [0.717, 1.165) is 24.4 Å². The van der Waals surface area contributed by atoms with Crippen LogP contribution in [0.15, 0.2) is 42.5 Å². The minimum Gasteiger partial charge on any atom is -0.310 e. The second kappa shape index (κ2) is 8.16. The van der Waals surface area contributed by atoms with Crippen LogP contribution in [0.4, 0.5) is 0 Å². The molecule has 1 unspecified atom stereocenters. The van der Waals surface area contributed by atoms with Crippen LogP contribution < -0.4 is 5.32 Å². The summed E-state index contributed by atoms with van der Waals surface area (Å²) in [6, 6.07) is 15.2. The highest BCUT2D eigenvalue weighted by atomic mass is 127. The molecule has 2 rings (SSSR count). The summed E-state index contributed by atoms with van der Waals surface area (Å²) in [6.07, 6.45) is 2.04. The average Bonchev–Trinajstić information content (AvgIpc) is 2.46. The minimum atomic E-state index is 0.304. The molecule has 1 atom stereocenters. The molecule has 2 aromatic rings. The first-order valence-corrected chi connectivity index (χ1v) is 8.80. The van der Waals surface area contributed by atoms with Gasteiger partial charge in [-0.3, -0.25) is 0 Å². The summed E-state index contributed by atoms with van der Waals surface area (Å²) in [6.45, 7) is 5.28. The van der Waals surface area contributed by atoms with Gasteiger partial charge in [-0.25, -0.2) is 0 Å². The van der Waals surface area contributed by atoms with Crippen molar-refractivity contribution < 1.29 is 0 Å². The van der Waals surface area contributed by atoms with Crippen LogP contribution in [0.3, 0.4) is 0 Å². The van der Waals surface area contributed by atoms with E-state index in [-0.39, 0.29) is 0 Å². The standard InChI is InChI=1S/C18H21ClIN/c1-3-10-21-18(15-6-4-5-7-17(15)20)12-14-9-8-13(2)11-16(14)19/h4-9,11,18,21H,3,10,12H2,1-2H3. The summed E-state index contributed by atoms with van der Waals surface area (Å²) in [5.41, 5.74) is 3.76. The zero-order valence-corrected chi connectivity index (χ0v) is 15.4. The first-order chi connectivity index (χ1) is 10.1. The van der Waals surface area contributed by atoms with Gasteiger partial charge in [-0.15, -0.1) is 0 Å². The van der Waals surface area contributed by atoms with Gasteiger partial charge in [-0.2, -0.15) is 0 Å². The van der Waals surface area contributed by atoms with Crippen LogP contribution >= 0.6 is 34.2 Å². The third kappa shape index (κ3) is 4.70. The summed E-state index contributed by atoms with van der Waals surface area (Å²) >= 11 is 8.82. The van der Waals surface area contributed by atoms with E-state index in [4.69, 9.17) is 11.6 Å². The van der Waals surface area contributed by atoms with E-state index in [1.165, 1.54) is 20.3 Å². The fraction of sp³-hybridized carbons (Fsp3) is 0.333. The maximum atomic E-state index is 6.41. The molecule has 1 N–H and O–H groups in total. The average molecular weight is 414 g/mol. The minimum absolute atomic E-state index is 0.304. The highest BCUT2D eigenvalue weighted by Gasteiger charge is 2.15. The largest absolute Gasteiger partial charge is 0.310 e. The second-order valence-electron chi connectivity index (χ2n) is 5.33. The summed E-state index contributed by atoms with van der Waals surface area (Å²) in [5.74, 6) is 0. The van der Waals surface area contributed by atoms with Gasteiger partial charge in [-0.1, -0.05) is 48.9 Å². The van der Waals surface area contributed by atoms with Gasteiger partial charge in [0.1, 0.15) is 0 Å². The maximum Gasteiger partial charge on any atom is 0.0441 e. The van der Waals surface area contributed by atoms with Crippen LogP contribution in [-0.4, -0.2) is 6.54 Å². The Hall–Kier alpha value is -0.580. The van der Waals surface area contributed by atoms with E-state index in [9.17, 15) is 0 Å². The molecule has 0 saturated heterocycles. The molecular formula is C18H21ClIN. The Morgan fingerprint density at radius 3 is 2.62 bits per heavy atom. The van der Waals surface area contributed by atoms with Gasteiger partial charge >= 0.3 is 0 Å². The number of hydrogen-bond acceptors (Lipinski definition) is 1. The molecule has 21 heavy (non-hydrogen) atoms. The molecule has 0 heterocycles. The lowest BCUT2D eigenvalue weighted by molar-refractivity contribution is 0.527. The first-order valence-electron chi connectivity index (χ1n) is 7.34. The van der Waals surface area contributed by atoms with Crippen LogP contribution in [0.5, 0.6) is 0 Å². The maximum absolute atomic E-state index is 6.41. The van der Waals surface area contributed by atoms with Crippen LogP contribution in [0.25, 0.3) is 0 Å². The fourth-order valence-electron chi connectivity index (χ4n) is 2.41. The molecule has 112 valence electrons. The van der Waals surface area contributed by atoms with E-state index < -0.39 is 0 Å². The van der Waals surface area contributed by atoms with Gasteiger partial charge in [0.2, 0.25) is 0 Å². The predicted octanol–water partition coefficient (Wildman–Crippen LogP) is 5.54. The number of benzene rings is 2. The third-order valence-corrected chi connectivity index (χ3v) is 4.89. The van der Waals surface area contributed by atoms with Crippen molar-refractivity contribution in [3.05, 3.63) is 67.7 Å². The molecule has 0 bridgehead atoms. The van der Waals surface area contributed by atoms with Crippen molar-refractivity contribution in [1.82, 2.24) is 5.32 Å². The Balaban J connectivity index is 2.26. The summed E-state index contributed by atoms with van der Waals surface area (Å²) in [7, 11) is 0. The Bertz CT molecular complexity index is 598. The lowest BCUT2D eigenvalue weighted by Gasteiger charge is -2.21. The van der Waals surface area contributed by atoms with Crippen molar-refractivity contribution in [2.24, 2.45) is 0 Å². The number of hydrogen-bond donors (Lipinski definition) is 1. The van der Waals surface area contributed by atoms with E-state index >= 15 is 0 Å². The zero-order valence-electron chi connectivity index (χ0n) is 12.5. The molecule has 1 nitrogen and oxygen atoms in total. The molecule has 3 heteroatoms. The SMILES string of the molecule is CCCNC(Cc1ccc(C)cc1Cl)c1ccccc1I. The molecule has 0 saturated carbocycles. The molecule has 0 aliphatic carbocycles. The highest BCUT2D eigenvalue weighted by Crippen LogP contribution is 2.27. The van der Waals surface area contributed by atoms with Crippen molar-refractivity contribution in [3.63, 3.8) is 0 Å². The molecule has 0 aliphatic rings.